The van der Waals surface area contributed by atoms with Crippen molar-refractivity contribution in [2.24, 2.45) is 7.05 Å². The van der Waals surface area contributed by atoms with Crippen molar-refractivity contribution in [2.75, 3.05) is 0 Å². The number of halogens is 1. The summed E-state index contributed by atoms with van der Waals surface area (Å²) in [6, 6.07) is 28.6. The number of aryl methyl sites for hydroxylation is 2. The van der Waals surface area contributed by atoms with Crippen LogP contribution in [0, 0.1) is 24.1 Å². The van der Waals surface area contributed by atoms with Gasteiger partial charge in [0.05, 0.1) is 0 Å². The predicted molar refractivity (Wildman–Crippen MR) is 137 cm³/mol. The average molecular weight is 506 g/mol. The fraction of sp³-hybridized carbons (Fsp3) is 0.0667. The first-order valence-corrected chi connectivity index (χ1v) is 12.8. The number of nitriles is 1. The maximum absolute atomic E-state index is 14.2. The molecule has 4 aromatic carbocycles. The summed E-state index contributed by atoms with van der Waals surface area (Å²) in [7, 11) is 1.96. The van der Waals surface area contributed by atoms with Crippen LogP contribution in [0.5, 0.6) is 0 Å². The molecule has 0 fully saturated rings. The summed E-state index contributed by atoms with van der Waals surface area (Å²) in [5, 5.41) is 14.7. The summed E-state index contributed by atoms with van der Waals surface area (Å²) in [5.74, 6) is -0.239. The molecule has 6 aromatic rings. The van der Waals surface area contributed by atoms with Crippen molar-refractivity contribution in [3.63, 3.8) is 0 Å². The third kappa shape index (κ3) is 3.17. The molecule has 2 aromatic heterocycles. The zero-order chi connectivity index (χ0) is 23.4. The van der Waals surface area contributed by atoms with Crippen molar-refractivity contribution in [3.05, 3.63) is 102 Å². The van der Waals surface area contributed by atoms with Crippen LogP contribution >= 0.6 is 0 Å². The van der Waals surface area contributed by atoms with Crippen LogP contribution in [-0.4, -0.2) is 14.5 Å². The minimum atomic E-state index is -0.239. The van der Waals surface area contributed by atoms with E-state index in [1.54, 1.807) is 12.3 Å². The van der Waals surface area contributed by atoms with Crippen molar-refractivity contribution >= 4 is 44.6 Å². The van der Waals surface area contributed by atoms with Gasteiger partial charge in [-0.2, -0.15) is 0 Å². The van der Waals surface area contributed by atoms with Crippen LogP contribution in [0.4, 0.5) is 4.39 Å². The summed E-state index contributed by atoms with van der Waals surface area (Å²) in [5.41, 5.74) is 5.88. The van der Waals surface area contributed by atoms with Crippen molar-refractivity contribution in [1.82, 2.24) is 0 Å². The summed E-state index contributed by atoms with van der Waals surface area (Å²) in [4.78, 5) is 0. The van der Waals surface area contributed by atoms with Crippen molar-refractivity contribution < 1.29 is 8.96 Å². The van der Waals surface area contributed by atoms with Crippen molar-refractivity contribution in [1.29, 1.82) is 5.26 Å². The Morgan fingerprint density at radius 1 is 0.824 bits per heavy atom. The second kappa shape index (κ2) is 7.92. The number of hydrogen-bond donors (Lipinski definition) is 0. The molecular weight excluding hydrogens is 486 g/mol. The molecule has 0 aliphatic heterocycles. The number of fused-ring (bicyclic) bond motifs is 4. The third-order valence-electron chi connectivity index (χ3n) is 6.54. The van der Waals surface area contributed by atoms with Crippen LogP contribution in [0.3, 0.4) is 0 Å². The number of pyridine rings is 1. The van der Waals surface area contributed by atoms with Crippen molar-refractivity contribution in [2.45, 2.75) is 6.92 Å². The Hall–Kier alpha value is -3.77. The van der Waals surface area contributed by atoms with E-state index in [2.05, 4.69) is 61.5 Å². The van der Waals surface area contributed by atoms with E-state index in [-0.39, 0.29) is 20.3 Å². The van der Waals surface area contributed by atoms with Gasteiger partial charge in [0.2, 0.25) is 0 Å². The van der Waals surface area contributed by atoms with Crippen LogP contribution in [0.2, 0.25) is 0 Å². The molecule has 0 unspecified atom stereocenters. The number of benzene rings is 4. The molecule has 0 amide bonds. The number of aromatic nitrogens is 1. The first-order chi connectivity index (χ1) is 16.5. The standard InChI is InChI=1S/C30H20FN2Se/c1-18-7-11-24-25-12-10-22(17-32)28(21-9-8-19-5-3-4-6-20(19)15-21)30(25)34-29(24)27(18)26-16-23(31)13-14-33(26)2/h3-16H,1-2H3/q+1. The van der Waals surface area contributed by atoms with Crippen molar-refractivity contribution in [3.8, 4) is 28.5 Å². The molecule has 0 aliphatic rings. The quantitative estimate of drug-likeness (QED) is 0.190. The van der Waals surface area contributed by atoms with Gasteiger partial charge in [-0.3, -0.25) is 0 Å². The van der Waals surface area contributed by atoms with Crippen LogP contribution in [0.15, 0.2) is 85.1 Å². The maximum atomic E-state index is 14.2. The molecule has 0 saturated carbocycles. The first kappa shape index (κ1) is 20.8. The third-order valence-corrected chi connectivity index (χ3v) is 9.18. The minimum absolute atomic E-state index is 0.0286. The van der Waals surface area contributed by atoms with E-state index in [1.807, 2.05) is 29.8 Å². The molecule has 2 heterocycles. The Labute approximate surface area is 202 Å². The van der Waals surface area contributed by atoms with Gasteiger partial charge in [-0.1, -0.05) is 0 Å². The van der Waals surface area contributed by atoms with Gasteiger partial charge in [0, 0.05) is 0 Å². The monoisotopic (exact) mass is 507 g/mol. The number of rotatable bonds is 2. The topological polar surface area (TPSA) is 27.7 Å². The molecule has 0 radical (unpaired) electrons. The normalized spacial score (nSPS) is 11.4. The number of hydrogen-bond acceptors (Lipinski definition) is 1. The second-order valence-corrected chi connectivity index (χ2v) is 10.8. The van der Waals surface area contributed by atoms with Crippen LogP contribution < -0.4 is 4.57 Å². The molecule has 0 bridgehead atoms. The molecule has 0 spiro atoms. The van der Waals surface area contributed by atoms with Gasteiger partial charge >= 0.3 is 203 Å². The Kier molecular flexibility index (Phi) is 4.85. The van der Waals surface area contributed by atoms with Gasteiger partial charge in [0.15, 0.2) is 0 Å². The molecule has 0 N–H and O–H groups in total. The zero-order valence-corrected chi connectivity index (χ0v) is 20.5. The van der Waals surface area contributed by atoms with E-state index >= 15 is 0 Å². The molecule has 0 saturated heterocycles. The summed E-state index contributed by atoms with van der Waals surface area (Å²) >= 11 is -0.0286. The van der Waals surface area contributed by atoms with E-state index < -0.39 is 0 Å². The van der Waals surface area contributed by atoms with E-state index in [4.69, 9.17) is 0 Å². The molecular formula is C30H20FN2Se+. The molecule has 0 atom stereocenters. The molecule has 34 heavy (non-hydrogen) atoms. The SMILES string of the molecule is Cc1ccc2c([se]c3c(-c4ccc5ccccc5c4)c(C#N)ccc32)c1-c1cc(F)cc[n+]1C. The number of nitrogens with zero attached hydrogens (tertiary/aromatic N) is 2. The fourth-order valence-corrected chi connectivity index (χ4v) is 7.94. The van der Waals surface area contributed by atoms with E-state index in [0.717, 1.165) is 33.3 Å². The summed E-state index contributed by atoms with van der Waals surface area (Å²) in [6.45, 7) is 2.09. The molecule has 0 aliphatic carbocycles. The Bertz CT molecular complexity index is 1810. The van der Waals surface area contributed by atoms with Gasteiger partial charge in [-0.15, -0.1) is 0 Å². The average Bonchev–Trinajstić information content (AvgIpc) is 3.23. The van der Waals surface area contributed by atoms with E-state index in [1.165, 1.54) is 30.7 Å². The summed E-state index contributed by atoms with van der Waals surface area (Å²) in [6.07, 6.45) is 1.77. The Balaban J connectivity index is 1.72. The molecule has 6 rings (SSSR count). The summed E-state index contributed by atoms with van der Waals surface area (Å²) < 4.78 is 18.7. The fourth-order valence-electron chi connectivity index (χ4n) is 4.84. The van der Waals surface area contributed by atoms with Gasteiger partial charge in [-0.05, 0) is 0 Å². The van der Waals surface area contributed by atoms with Gasteiger partial charge in [0.25, 0.3) is 0 Å². The Morgan fingerprint density at radius 3 is 2.35 bits per heavy atom. The predicted octanol–water partition coefficient (Wildman–Crippen LogP) is 6.68. The van der Waals surface area contributed by atoms with E-state index in [9.17, 15) is 9.65 Å². The zero-order valence-electron chi connectivity index (χ0n) is 18.8. The van der Waals surface area contributed by atoms with Gasteiger partial charge < -0.3 is 0 Å². The Morgan fingerprint density at radius 2 is 1.56 bits per heavy atom. The molecule has 2 nitrogen and oxygen atoms in total. The van der Waals surface area contributed by atoms with E-state index in [0.29, 0.717) is 5.56 Å². The van der Waals surface area contributed by atoms with Gasteiger partial charge in [0.1, 0.15) is 0 Å². The second-order valence-electron chi connectivity index (χ2n) is 8.62. The van der Waals surface area contributed by atoms with Crippen LogP contribution in [0.25, 0.3) is 52.4 Å². The van der Waals surface area contributed by atoms with Gasteiger partial charge in [-0.25, -0.2) is 0 Å². The molecule has 162 valence electrons. The first-order valence-electron chi connectivity index (χ1n) is 11.1. The molecule has 4 heteroatoms. The van der Waals surface area contributed by atoms with Crippen LogP contribution in [0.1, 0.15) is 11.1 Å². The van der Waals surface area contributed by atoms with Crippen LogP contribution in [-0.2, 0) is 7.05 Å².